The van der Waals surface area contributed by atoms with Gasteiger partial charge in [-0.15, -0.1) is 0 Å². The number of carbonyl (C=O) groups excluding carboxylic acids is 1. The average Bonchev–Trinajstić information content (AvgIpc) is 2.72. The van der Waals surface area contributed by atoms with Crippen LogP contribution in [-0.4, -0.2) is 40.5 Å². The molecule has 2 atom stereocenters. The molecule has 6 nitrogen and oxygen atoms in total. The fourth-order valence-corrected chi connectivity index (χ4v) is 4.07. The zero-order valence-corrected chi connectivity index (χ0v) is 15.6. The van der Waals surface area contributed by atoms with Crippen LogP contribution in [-0.2, 0) is 17.6 Å². The highest BCUT2D eigenvalue weighted by Gasteiger charge is 2.33. The molecule has 4 rings (SSSR count). The topological polar surface area (TPSA) is 75.3 Å². The van der Waals surface area contributed by atoms with Crippen LogP contribution >= 0.6 is 0 Å². The number of H-pyrrole nitrogens is 1. The number of aryl methyl sites for hydroxylation is 1. The molecule has 1 amide bonds. The number of fused-ring (bicyclic) bond motifs is 1. The Labute approximate surface area is 158 Å². The molecule has 2 aliphatic heterocycles. The summed E-state index contributed by atoms with van der Waals surface area (Å²) in [6.45, 7) is 3.79. The molecule has 1 N–H and O–H groups in total. The molecule has 2 aliphatic rings. The van der Waals surface area contributed by atoms with Gasteiger partial charge in [-0.05, 0) is 30.9 Å². The minimum absolute atomic E-state index is 0.113. The smallest absolute Gasteiger partial charge is 0.251 e. The lowest BCUT2D eigenvalue weighted by atomic mass is 9.91. The Morgan fingerprint density at radius 1 is 1.37 bits per heavy atom. The number of amides is 1. The summed E-state index contributed by atoms with van der Waals surface area (Å²) in [7, 11) is 0. The van der Waals surface area contributed by atoms with Gasteiger partial charge in [0, 0.05) is 31.5 Å². The van der Waals surface area contributed by atoms with E-state index >= 15 is 0 Å². The van der Waals surface area contributed by atoms with Crippen molar-refractivity contribution in [3.05, 3.63) is 57.8 Å². The summed E-state index contributed by atoms with van der Waals surface area (Å²) in [6.07, 6.45) is 3.29. The van der Waals surface area contributed by atoms with Crippen LogP contribution in [0.15, 0.2) is 35.1 Å². The molecule has 1 aromatic carbocycles. The Bertz CT molecular complexity index is 892. The summed E-state index contributed by atoms with van der Waals surface area (Å²) in [6, 6.07) is 9.50. The van der Waals surface area contributed by atoms with E-state index in [1.807, 2.05) is 36.1 Å². The zero-order chi connectivity index (χ0) is 18.8. The molecular weight excluding hydrogens is 342 g/mol. The number of likely N-dealkylation sites (tertiary alicyclic amines) is 1. The minimum atomic E-state index is -0.142. The Morgan fingerprint density at radius 3 is 3.07 bits per heavy atom. The summed E-state index contributed by atoms with van der Waals surface area (Å²) in [5, 5.41) is 0. The largest absolute Gasteiger partial charge is 0.492 e. The third-order valence-electron chi connectivity index (χ3n) is 5.52. The molecule has 1 saturated heterocycles. The van der Waals surface area contributed by atoms with Crippen molar-refractivity contribution in [1.82, 2.24) is 14.9 Å². The number of aromatic amines is 1. The molecule has 0 radical (unpaired) electrons. The van der Waals surface area contributed by atoms with Crippen LogP contribution in [0.4, 0.5) is 0 Å². The van der Waals surface area contributed by atoms with Crippen LogP contribution in [0.25, 0.3) is 0 Å². The fraction of sp³-hybridized carbons (Fsp3) is 0.476. The van der Waals surface area contributed by atoms with Crippen LogP contribution in [0, 0.1) is 5.92 Å². The highest BCUT2D eigenvalue weighted by Crippen LogP contribution is 2.30. The van der Waals surface area contributed by atoms with Crippen molar-refractivity contribution in [2.24, 2.45) is 5.92 Å². The van der Waals surface area contributed by atoms with E-state index in [2.05, 4.69) is 9.97 Å². The van der Waals surface area contributed by atoms with Gasteiger partial charge in [-0.3, -0.25) is 9.59 Å². The highest BCUT2D eigenvalue weighted by atomic mass is 16.5. The number of hydrogen-bond donors (Lipinski definition) is 1. The van der Waals surface area contributed by atoms with Gasteiger partial charge in [0.25, 0.3) is 5.56 Å². The number of rotatable bonds is 3. The van der Waals surface area contributed by atoms with Gasteiger partial charge in [0.2, 0.25) is 5.91 Å². The standard InChI is InChI=1S/C21H25N3O3/c1-2-19-22-17(11-20(25)23-19)15-7-5-9-24(12-15)21(26)16-10-14-6-3-4-8-18(14)27-13-16/h3-4,6,8,11,15-16H,2,5,7,9-10,12-13H2,1H3,(H,22,23,25)/t15-,16-/m0/s1. The maximum Gasteiger partial charge on any atom is 0.251 e. The first-order valence-electron chi connectivity index (χ1n) is 9.73. The van der Waals surface area contributed by atoms with Crippen molar-refractivity contribution >= 4 is 5.91 Å². The lowest BCUT2D eigenvalue weighted by Crippen LogP contribution is -2.45. The summed E-state index contributed by atoms with van der Waals surface area (Å²) in [5.74, 6) is 1.72. The van der Waals surface area contributed by atoms with Crippen LogP contribution in [0.3, 0.4) is 0 Å². The summed E-state index contributed by atoms with van der Waals surface area (Å²) >= 11 is 0. The highest BCUT2D eigenvalue weighted by molar-refractivity contribution is 5.80. The van der Waals surface area contributed by atoms with E-state index in [0.717, 1.165) is 42.8 Å². The quantitative estimate of drug-likeness (QED) is 0.903. The van der Waals surface area contributed by atoms with Crippen LogP contribution in [0.1, 0.15) is 42.8 Å². The van der Waals surface area contributed by atoms with Crippen molar-refractivity contribution in [2.45, 2.75) is 38.5 Å². The van der Waals surface area contributed by atoms with Crippen molar-refractivity contribution in [2.75, 3.05) is 19.7 Å². The van der Waals surface area contributed by atoms with Gasteiger partial charge >= 0.3 is 0 Å². The van der Waals surface area contributed by atoms with Gasteiger partial charge in [-0.1, -0.05) is 25.1 Å². The van der Waals surface area contributed by atoms with Gasteiger partial charge in [0.15, 0.2) is 0 Å². The molecule has 0 unspecified atom stereocenters. The molecule has 0 bridgehead atoms. The second kappa shape index (κ2) is 7.55. The van der Waals surface area contributed by atoms with E-state index in [1.54, 1.807) is 6.07 Å². The second-order valence-corrected chi connectivity index (χ2v) is 7.41. The molecule has 0 saturated carbocycles. The van der Waals surface area contributed by atoms with Crippen molar-refractivity contribution in [1.29, 1.82) is 0 Å². The number of benzene rings is 1. The van der Waals surface area contributed by atoms with Gasteiger partial charge in [0.1, 0.15) is 18.2 Å². The Kier molecular flexibility index (Phi) is 4.97. The molecule has 0 spiro atoms. The van der Waals surface area contributed by atoms with E-state index in [0.29, 0.717) is 25.4 Å². The van der Waals surface area contributed by atoms with Crippen molar-refractivity contribution in [3.63, 3.8) is 0 Å². The fourth-order valence-electron chi connectivity index (χ4n) is 4.07. The second-order valence-electron chi connectivity index (χ2n) is 7.41. The van der Waals surface area contributed by atoms with E-state index in [-0.39, 0.29) is 23.3 Å². The maximum atomic E-state index is 13.1. The van der Waals surface area contributed by atoms with Gasteiger partial charge in [-0.2, -0.15) is 0 Å². The van der Waals surface area contributed by atoms with Crippen LogP contribution in [0.5, 0.6) is 5.75 Å². The lowest BCUT2D eigenvalue weighted by molar-refractivity contribution is -0.138. The van der Waals surface area contributed by atoms with Gasteiger partial charge < -0.3 is 14.6 Å². The first-order chi connectivity index (χ1) is 13.1. The van der Waals surface area contributed by atoms with Gasteiger partial charge in [0.05, 0.1) is 11.6 Å². The molecule has 142 valence electrons. The van der Waals surface area contributed by atoms with Crippen LogP contribution < -0.4 is 10.3 Å². The number of para-hydroxylation sites is 1. The van der Waals surface area contributed by atoms with Gasteiger partial charge in [-0.25, -0.2) is 4.98 Å². The van der Waals surface area contributed by atoms with E-state index in [4.69, 9.17) is 4.74 Å². The van der Waals surface area contributed by atoms with Crippen molar-refractivity contribution < 1.29 is 9.53 Å². The van der Waals surface area contributed by atoms with Crippen LogP contribution in [0.2, 0.25) is 0 Å². The molecule has 1 fully saturated rings. The monoisotopic (exact) mass is 367 g/mol. The third kappa shape index (κ3) is 3.75. The summed E-state index contributed by atoms with van der Waals surface area (Å²) < 4.78 is 5.80. The predicted octanol–water partition coefficient (Wildman–Crippen LogP) is 2.29. The molecule has 1 aromatic heterocycles. The number of hydrogen-bond acceptors (Lipinski definition) is 4. The summed E-state index contributed by atoms with van der Waals surface area (Å²) in [4.78, 5) is 34.3. The third-order valence-corrected chi connectivity index (χ3v) is 5.52. The molecular formula is C21H25N3O3. The molecule has 27 heavy (non-hydrogen) atoms. The Morgan fingerprint density at radius 2 is 2.22 bits per heavy atom. The molecule has 0 aliphatic carbocycles. The van der Waals surface area contributed by atoms with Crippen molar-refractivity contribution in [3.8, 4) is 5.75 Å². The average molecular weight is 367 g/mol. The number of aromatic nitrogens is 2. The Hall–Kier alpha value is -2.63. The zero-order valence-electron chi connectivity index (χ0n) is 15.6. The normalized spacial score (nSPS) is 22.0. The number of nitrogens with zero attached hydrogens (tertiary/aromatic N) is 2. The molecule has 2 aromatic rings. The first-order valence-corrected chi connectivity index (χ1v) is 9.73. The van der Waals surface area contributed by atoms with E-state index in [1.165, 1.54) is 0 Å². The minimum Gasteiger partial charge on any atom is -0.492 e. The summed E-state index contributed by atoms with van der Waals surface area (Å²) in [5.41, 5.74) is 1.79. The number of nitrogens with one attached hydrogen (secondary N) is 1. The maximum absolute atomic E-state index is 13.1. The van der Waals surface area contributed by atoms with E-state index < -0.39 is 0 Å². The lowest BCUT2D eigenvalue weighted by Gasteiger charge is -2.36. The number of piperidine rings is 1. The number of carbonyl (C=O) groups is 1. The van der Waals surface area contributed by atoms with E-state index in [9.17, 15) is 9.59 Å². The Balaban J connectivity index is 1.48. The molecule has 3 heterocycles. The first kappa shape index (κ1) is 17.8. The number of ether oxygens (including phenoxy) is 1. The predicted molar refractivity (Wildman–Crippen MR) is 102 cm³/mol. The molecule has 6 heteroatoms. The SMILES string of the molecule is CCc1nc([C@H]2CCCN(C(=O)[C@@H]3COc4ccccc4C3)C2)cc(=O)[nH]1.